The summed E-state index contributed by atoms with van der Waals surface area (Å²) in [4.78, 5) is 2.48. The molecule has 1 heterocycles. The Bertz CT molecular complexity index is 229. The predicted octanol–water partition coefficient (Wildman–Crippen LogP) is 2.29. The van der Waals surface area contributed by atoms with E-state index in [1.54, 1.807) is 0 Å². The summed E-state index contributed by atoms with van der Waals surface area (Å²) < 4.78 is 0. The molecule has 1 fully saturated rings. The van der Waals surface area contributed by atoms with Gasteiger partial charge in [-0.1, -0.05) is 18.2 Å². The topological polar surface area (TPSA) is 23.5 Å². The van der Waals surface area contributed by atoms with Crippen molar-refractivity contribution in [2.75, 3.05) is 25.1 Å². The first-order valence-electron chi connectivity index (χ1n) is 5.21. The second-order valence-electron chi connectivity index (χ2n) is 3.38. The zero-order chi connectivity index (χ0) is 10.2. The molecule has 0 unspecified atom stereocenters. The number of anilines is 1. The highest BCUT2D eigenvalue weighted by Crippen LogP contribution is 2.18. The number of aliphatic hydroxyl groups is 1. The molecule has 2 nitrogen and oxygen atoms in total. The van der Waals surface area contributed by atoms with Crippen LogP contribution in [0.3, 0.4) is 0 Å². The zero-order valence-electron chi connectivity index (χ0n) is 8.82. The molecule has 1 N–H and O–H groups in total. The van der Waals surface area contributed by atoms with Crippen LogP contribution >= 0.6 is 0 Å². The maximum atomic E-state index is 7.00. The predicted molar refractivity (Wildman–Crippen MR) is 60.6 cm³/mol. The number of rotatable bonds is 1. The van der Waals surface area contributed by atoms with Crippen LogP contribution in [-0.4, -0.2) is 25.3 Å². The van der Waals surface area contributed by atoms with E-state index < -0.39 is 0 Å². The fourth-order valence-corrected chi connectivity index (χ4v) is 1.79. The van der Waals surface area contributed by atoms with Gasteiger partial charge in [0.05, 0.1) is 0 Å². The van der Waals surface area contributed by atoms with Crippen LogP contribution in [0.4, 0.5) is 5.69 Å². The molecule has 1 aromatic carbocycles. The van der Waals surface area contributed by atoms with Gasteiger partial charge in [0.15, 0.2) is 0 Å². The lowest BCUT2D eigenvalue weighted by molar-refractivity contribution is 0.399. The van der Waals surface area contributed by atoms with Gasteiger partial charge in [0.2, 0.25) is 0 Å². The van der Waals surface area contributed by atoms with Gasteiger partial charge in [0.1, 0.15) is 0 Å². The Morgan fingerprint density at radius 1 is 0.929 bits per heavy atom. The molecule has 0 saturated carbocycles. The normalized spacial score (nSPS) is 15.7. The lowest BCUT2D eigenvalue weighted by Crippen LogP contribution is -2.29. The number of hydrogen-bond donors (Lipinski definition) is 1. The maximum absolute atomic E-state index is 7.00. The second-order valence-corrected chi connectivity index (χ2v) is 3.38. The Morgan fingerprint density at radius 2 is 1.50 bits per heavy atom. The van der Waals surface area contributed by atoms with Gasteiger partial charge >= 0.3 is 0 Å². The molecule has 0 aromatic heterocycles. The minimum atomic E-state index is 1.00. The molecule has 1 aliphatic rings. The quantitative estimate of drug-likeness (QED) is 0.739. The Kier molecular flexibility index (Phi) is 5.08. The van der Waals surface area contributed by atoms with Crippen LogP contribution in [0.5, 0.6) is 0 Å². The minimum absolute atomic E-state index is 1.00. The van der Waals surface area contributed by atoms with Gasteiger partial charge in [-0.25, -0.2) is 0 Å². The molecule has 1 saturated heterocycles. The summed E-state index contributed by atoms with van der Waals surface area (Å²) in [7, 11) is 1.00. The fraction of sp³-hybridized carbons (Fsp3) is 0.500. The monoisotopic (exact) mass is 193 g/mol. The van der Waals surface area contributed by atoms with Crippen molar-refractivity contribution in [3.63, 3.8) is 0 Å². The molecule has 14 heavy (non-hydrogen) atoms. The summed E-state index contributed by atoms with van der Waals surface area (Å²) in [6.45, 7) is 2.48. The summed E-state index contributed by atoms with van der Waals surface area (Å²) in [6, 6.07) is 10.7. The second kappa shape index (κ2) is 6.44. The number of nitrogens with zero attached hydrogens (tertiary/aromatic N) is 1. The van der Waals surface area contributed by atoms with Crippen LogP contribution in [-0.2, 0) is 0 Å². The Labute approximate surface area is 86.2 Å². The van der Waals surface area contributed by atoms with Crippen molar-refractivity contribution in [3.8, 4) is 0 Å². The molecule has 0 aliphatic carbocycles. The van der Waals surface area contributed by atoms with E-state index in [4.69, 9.17) is 5.11 Å². The molecule has 1 aromatic rings. The number of benzene rings is 1. The third-order valence-corrected chi connectivity index (χ3v) is 2.48. The van der Waals surface area contributed by atoms with Crippen LogP contribution in [0, 0.1) is 0 Å². The third kappa shape index (κ3) is 3.04. The van der Waals surface area contributed by atoms with Crippen molar-refractivity contribution >= 4 is 5.69 Å². The smallest absolute Gasteiger partial charge is 0.0366 e. The largest absolute Gasteiger partial charge is 0.400 e. The SMILES string of the molecule is CO.c1ccc(N2CCCCC2)cc1. The number of aliphatic hydroxyl groups excluding tert-OH is 1. The van der Waals surface area contributed by atoms with Gasteiger partial charge in [-0.05, 0) is 31.4 Å². The van der Waals surface area contributed by atoms with Gasteiger partial charge < -0.3 is 10.0 Å². The Balaban J connectivity index is 0.000000461. The highest BCUT2D eigenvalue weighted by atomic mass is 16.2. The van der Waals surface area contributed by atoms with E-state index in [0.29, 0.717) is 0 Å². The lowest BCUT2D eigenvalue weighted by Gasteiger charge is -2.28. The molecule has 2 heteroatoms. The van der Waals surface area contributed by atoms with Gasteiger partial charge in [-0.15, -0.1) is 0 Å². The van der Waals surface area contributed by atoms with E-state index in [0.717, 1.165) is 7.11 Å². The first-order valence-corrected chi connectivity index (χ1v) is 5.21. The lowest BCUT2D eigenvalue weighted by atomic mass is 10.1. The van der Waals surface area contributed by atoms with E-state index >= 15 is 0 Å². The molecule has 78 valence electrons. The van der Waals surface area contributed by atoms with Crippen molar-refractivity contribution < 1.29 is 5.11 Å². The summed E-state index contributed by atoms with van der Waals surface area (Å²) in [6.07, 6.45) is 4.12. The fourth-order valence-electron chi connectivity index (χ4n) is 1.79. The van der Waals surface area contributed by atoms with Gasteiger partial charge in [-0.3, -0.25) is 0 Å². The molecule has 2 rings (SSSR count). The molecule has 0 amide bonds. The number of para-hydroxylation sites is 1. The summed E-state index contributed by atoms with van der Waals surface area (Å²) >= 11 is 0. The molecule has 1 aliphatic heterocycles. The zero-order valence-corrected chi connectivity index (χ0v) is 8.82. The van der Waals surface area contributed by atoms with E-state index in [-0.39, 0.29) is 0 Å². The van der Waals surface area contributed by atoms with E-state index in [2.05, 4.69) is 35.2 Å². The van der Waals surface area contributed by atoms with Crippen LogP contribution in [0.15, 0.2) is 30.3 Å². The average molecular weight is 193 g/mol. The summed E-state index contributed by atoms with van der Waals surface area (Å²) in [5, 5.41) is 7.00. The molecule has 0 atom stereocenters. The Hall–Kier alpha value is -1.02. The number of hydrogen-bond acceptors (Lipinski definition) is 2. The van der Waals surface area contributed by atoms with E-state index in [1.165, 1.54) is 38.0 Å². The van der Waals surface area contributed by atoms with Crippen molar-refractivity contribution in [1.29, 1.82) is 0 Å². The molecule has 0 spiro atoms. The van der Waals surface area contributed by atoms with Gasteiger partial charge in [0.25, 0.3) is 0 Å². The van der Waals surface area contributed by atoms with Crippen molar-refractivity contribution in [2.45, 2.75) is 19.3 Å². The van der Waals surface area contributed by atoms with Crippen LogP contribution in [0.2, 0.25) is 0 Å². The first kappa shape index (κ1) is 11.1. The van der Waals surface area contributed by atoms with Crippen LogP contribution < -0.4 is 4.90 Å². The van der Waals surface area contributed by atoms with Gasteiger partial charge in [0, 0.05) is 25.9 Å². The maximum Gasteiger partial charge on any atom is 0.0366 e. The molecular weight excluding hydrogens is 174 g/mol. The van der Waals surface area contributed by atoms with Crippen molar-refractivity contribution in [1.82, 2.24) is 0 Å². The minimum Gasteiger partial charge on any atom is -0.400 e. The average Bonchev–Trinajstić information content (AvgIpc) is 2.34. The Morgan fingerprint density at radius 3 is 2.07 bits per heavy atom. The van der Waals surface area contributed by atoms with Crippen LogP contribution in [0.25, 0.3) is 0 Å². The molecule has 0 bridgehead atoms. The van der Waals surface area contributed by atoms with Crippen LogP contribution in [0.1, 0.15) is 19.3 Å². The summed E-state index contributed by atoms with van der Waals surface area (Å²) in [5.41, 5.74) is 1.39. The standard InChI is InChI=1S/C11H15N.CH4O/c1-3-7-11(8-4-1)12-9-5-2-6-10-12;1-2/h1,3-4,7-8H,2,5-6,9-10H2;2H,1H3. The van der Waals surface area contributed by atoms with Crippen molar-refractivity contribution in [3.05, 3.63) is 30.3 Å². The van der Waals surface area contributed by atoms with E-state index in [1.807, 2.05) is 0 Å². The third-order valence-electron chi connectivity index (χ3n) is 2.48. The first-order chi connectivity index (χ1) is 6.97. The highest BCUT2D eigenvalue weighted by Gasteiger charge is 2.09. The molecule has 0 radical (unpaired) electrons. The molecular formula is C12H19NO. The summed E-state index contributed by atoms with van der Waals surface area (Å²) in [5.74, 6) is 0. The van der Waals surface area contributed by atoms with Gasteiger partial charge in [-0.2, -0.15) is 0 Å². The van der Waals surface area contributed by atoms with E-state index in [9.17, 15) is 0 Å². The van der Waals surface area contributed by atoms with Crippen molar-refractivity contribution in [2.24, 2.45) is 0 Å². The highest BCUT2D eigenvalue weighted by molar-refractivity contribution is 5.46. The number of piperidine rings is 1.